The van der Waals surface area contributed by atoms with Crippen molar-refractivity contribution in [1.29, 1.82) is 5.26 Å². The maximum atomic E-state index is 13.8. The molecule has 65 heavy (non-hydrogen) atoms. The highest BCUT2D eigenvalue weighted by Gasteiger charge is 2.45. The van der Waals surface area contributed by atoms with Gasteiger partial charge in [-0.2, -0.15) is 5.26 Å². The molecule has 0 bridgehead atoms. The molecule has 4 atom stereocenters. The number of ether oxygens (including phenoxy) is 4. The smallest absolute Gasteiger partial charge is 0.330 e. The van der Waals surface area contributed by atoms with Crippen molar-refractivity contribution in [2.24, 2.45) is 0 Å². The van der Waals surface area contributed by atoms with E-state index in [-0.39, 0.29) is 49.4 Å². The van der Waals surface area contributed by atoms with E-state index in [1.54, 1.807) is 37.2 Å². The third kappa shape index (κ3) is 10.9. The van der Waals surface area contributed by atoms with Gasteiger partial charge in [0.1, 0.15) is 35.1 Å². The molecule has 0 radical (unpaired) electrons. The number of hydrogen-bond donors (Lipinski definition) is 1. The SMILES string of the molecule is COc1ccc(C(OC[C@H]2O[C@@H](n3cc(-c4cn(Cc5ccc(Cl)cc5)nn4)c(=O)[nH]c3=O)C[C@@H]2O[P@@](OCCC#N)N(C(C)C)C(C)C)(c2ccccc2)c2ccc(OC)cc2)cc1. The summed E-state index contributed by atoms with van der Waals surface area (Å²) < 4.78 is 43.7. The summed E-state index contributed by atoms with van der Waals surface area (Å²) in [4.78, 5) is 29.7. The van der Waals surface area contributed by atoms with Crippen LogP contribution in [0.3, 0.4) is 0 Å². The number of H-pyrrole nitrogens is 1. The maximum absolute atomic E-state index is 13.8. The topological polar surface area (TPSA) is 168 Å². The van der Waals surface area contributed by atoms with Gasteiger partial charge in [-0.15, -0.1) is 5.10 Å². The minimum Gasteiger partial charge on any atom is -0.497 e. The van der Waals surface area contributed by atoms with Crippen LogP contribution >= 0.6 is 20.1 Å². The molecule has 1 aliphatic rings. The van der Waals surface area contributed by atoms with E-state index in [2.05, 4.69) is 53.7 Å². The summed E-state index contributed by atoms with van der Waals surface area (Å²) in [6.07, 6.45) is 1.04. The first kappa shape index (κ1) is 47.3. The van der Waals surface area contributed by atoms with Crippen molar-refractivity contribution in [2.45, 2.75) is 83.2 Å². The number of rotatable bonds is 20. The predicted molar refractivity (Wildman–Crippen MR) is 248 cm³/mol. The Bertz CT molecular complexity index is 2580. The van der Waals surface area contributed by atoms with Crippen LogP contribution in [0.1, 0.15) is 69.0 Å². The lowest BCUT2D eigenvalue weighted by Crippen LogP contribution is -2.39. The highest BCUT2D eigenvalue weighted by Crippen LogP contribution is 2.51. The Balaban J connectivity index is 1.29. The van der Waals surface area contributed by atoms with Crippen LogP contribution in [0.15, 0.2) is 125 Å². The van der Waals surface area contributed by atoms with Crippen molar-refractivity contribution in [1.82, 2.24) is 29.2 Å². The average molecular weight is 922 g/mol. The molecule has 1 aliphatic heterocycles. The second-order valence-corrected chi connectivity index (χ2v) is 17.9. The van der Waals surface area contributed by atoms with Crippen LogP contribution < -0.4 is 20.7 Å². The lowest BCUT2D eigenvalue weighted by molar-refractivity contribution is -0.0925. The number of nitrogens with one attached hydrogen (secondary N) is 1. The molecule has 3 heterocycles. The van der Waals surface area contributed by atoms with E-state index in [0.29, 0.717) is 23.1 Å². The lowest BCUT2D eigenvalue weighted by Gasteiger charge is -2.39. The van der Waals surface area contributed by atoms with Crippen LogP contribution in [0.25, 0.3) is 11.3 Å². The van der Waals surface area contributed by atoms with E-state index in [1.807, 2.05) is 91.0 Å². The van der Waals surface area contributed by atoms with Crippen molar-refractivity contribution in [3.05, 3.63) is 164 Å². The summed E-state index contributed by atoms with van der Waals surface area (Å²) in [5.41, 5.74) is 1.33. The third-order valence-corrected chi connectivity index (χ3v) is 13.5. The Hall–Kier alpha value is -5.69. The molecule has 340 valence electrons. The molecule has 17 heteroatoms. The molecule has 0 unspecified atom stereocenters. The fourth-order valence-corrected chi connectivity index (χ4v) is 9.87. The number of hydrogen-bond acceptors (Lipinski definition) is 12. The minimum atomic E-state index is -1.75. The summed E-state index contributed by atoms with van der Waals surface area (Å²) in [5, 5.41) is 18.6. The molecule has 0 aliphatic carbocycles. The molecule has 0 amide bonds. The van der Waals surface area contributed by atoms with E-state index < -0.39 is 43.8 Å². The Morgan fingerprint density at radius 3 is 2.09 bits per heavy atom. The van der Waals surface area contributed by atoms with Crippen LogP contribution in [0.4, 0.5) is 0 Å². The molecule has 6 aromatic rings. The molecule has 0 saturated carbocycles. The fraction of sp³-hybridized carbons (Fsp3) is 0.354. The quantitative estimate of drug-likeness (QED) is 0.0441. The van der Waals surface area contributed by atoms with Crippen molar-refractivity contribution in [3.63, 3.8) is 0 Å². The largest absolute Gasteiger partial charge is 0.497 e. The van der Waals surface area contributed by atoms with Crippen LogP contribution in [-0.4, -0.2) is 80.9 Å². The molecule has 4 aromatic carbocycles. The molecule has 15 nitrogen and oxygen atoms in total. The van der Waals surface area contributed by atoms with Gasteiger partial charge in [-0.3, -0.25) is 14.3 Å². The van der Waals surface area contributed by atoms with Gasteiger partial charge in [0.15, 0.2) is 0 Å². The van der Waals surface area contributed by atoms with Gasteiger partial charge in [0.05, 0.1) is 64.3 Å². The van der Waals surface area contributed by atoms with Gasteiger partial charge in [-0.05, 0) is 86.3 Å². The second kappa shape index (κ2) is 21.5. The van der Waals surface area contributed by atoms with Gasteiger partial charge in [0, 0.05) is 29.7 Å². The molecule has 2 aromatic heterocycles. The van der Waals surface area contributed by atoms with Crippen LogP contribution in [0.5, 0.6) is 11.5 Å². The summed E-state index contributed by atoms with van der Waals surface area (Å²) >= 11 is 6.09. The highest BCUT2D eigenvalue weighted by atomic mass is 35.5. The zero-order chi connectivity index (χ0) is 46.1. The Morgan fingerprint density at radius 1 is 0.892 bits per heavy atom. The van der Waals surface area contributed by atoms with Gasteiger partial charge in [0.2, 0.25) is 0 Å². The Morgan fingerprint density at radius 2 is 1.51 bits per heavy atom. The molecule has 1 N–H and O–H groups in total. The number of nitrogens with zero attached hydrogens (tertiary/aromatic N) is 6. The monoisotopic (exact) mass is 921 g/mol. The third-order valence-electron chi connectivity index (χ3n) is 11.1. The number of nitriles is 1. The van der Waals surface area contributed by atoms with Gasteiger partial charge < -0.3 is 28.0 Å². The highest BCUT2D eigenvalue weighted by molar-refractivity contribution is 7.44. The molecule has 0 spiro atoms. The van der Waals surface area contributed by atoms with E-state index in [9.17, 15) is 14.9 Å². The van der Waals surface area contributed by atoms with Gasteiger partial charge in [0.25, 0.3) is 14.1 Å². The zero-order valence-electron chi connectivity index (χ0n) is 37.2. The molecule has 1 fully saturated rings. The van der Waals surface area contributed by atoms with E-state index in [1.165, 1.54) is 10.8 Å². The Kier molecular flexibility index (Phi) is 15.7. The number of aromatic amines is 1. The standard InChI is InChI=1S/C48H53ClN7O8P/c1-32(2)56(33(3)4)65(62-26-10-25-50)64-43-27-45(55-29-41(46(57)51-47(55)58)42-30-54(53-52-42)28-34-13-19-38(49)20-14-34)63-44(43)31-61-48(35-11-8-7-9-12-35,36-15-21-39(59-5)22-16-36)37-17-23-40(60-6)24-18-37/h7-9,11-24,29-30,32-33,43-45H,10,26-28,31H2,1-6H3,(H,51,57,58)/t43-,44+,45+,65+/m0/s1. The van der Waals surface area contributed by atoms with Crippen molar-refractivity contribution in [3.8, 4) is 28.8 Å². The first-order valence-corrected chi connectivity index (χ1v) is 22.8. The number of benzene rings is 4. The molecule has 1 saturated heterocycles. The summed E-state index contributed by atoms with van der Waals surface area (Å²) in [6, 6.07) is 34.9. The normalized spacial score (nSPS) is 16.8. The molecule has 7 rings (SSSR count). The van der Waals surface area contributed by atoms with Crippen LogP contribution in [0.2, 0.25) is 5.02 Å². The molecular formula is C48H53ClN7O8P. The van der Waals surface area contributed by atoms with Crippen molar-refractivity contribution in [2.75, 3.05) is 27.4 Å². The van der Waals surface area contributed by atoms with Crippen LogP contribution in [0, 0.1) is 11.3 Å². The van der Waals surface area contributed by atoms with E-state index in [4.69, 9.17) is 39.6 Å². The predicted octanol–water partition coefficient (Wildman–Crippen LogP) is 8.47. The zero-order valence-corrected chi connectivity index (χ0v) is 38.8. The lowest BCUT2D eigenvalue weighted by atomic mass is 9.80. The Labute approximate surface area is 384 Å². The van der Waals surface area contributed by atoms with Gasteiger partial charge >= 0.3 is 5.69 Å². The van der Waals surface area contributed by atoms with E-state index in [0.717, 1.165) is 22.3 Å². The number of halogens is 1. The summed E-state index contributed by atoms with van der Waals surface area (Å²) in [5.74, 6) is 1.36. The van der Waals surface area contributed by atoms with Gasteiger partial charge in [-0.1, -0.05) is 83.5 Å². The number of aromatic nitrogens is 5. The summed E-state index contributed by atoms with van der Waals surface area (Å²) in [7, 11) is 1.49. The average Bonchev–Trinajstić information content (AvgIpc) is 3.94. The molecular weight excluding hydrogens is 869 g/mol. The second-order valence-electron chi connectivity index (χ2n) is 16.0. The summed E-state index contributed by atoms with van der Waals surface area (Å²) in [6.45, 7) is 8.76. The van der Waals surface area contributed by atoms with Crippen LogP contribution in [-0.2, 0) is 30.7 Å². The maximum Gasteiger partial charge on any atom is 0.330 e. The van der Waals surface area contributed by atoms with Gasteiger partial charge in [-0.25, -0.2) is 14.1 Å². The number of methoxy groups -OCH3 is 2. The van der Waals surface area contributed by atoms with Crippen molar-refractivity contribution >= 4 is 20.1 Å². The first-order valence-electron chi connectivity index (χ1n) is 21.3. The first-order chi connectivity index (χ1) is 31.4. The minimum absolute atomic E-state index is 0.0179. The van der Waals surface area contributed by atoms with E-state index >= 15 is 0 Å². The fourth-order valence-electron chi connectivity index (χ4n) is 7.98. The van der Waals surface area contributed by atoms with Crippen molar-refractivity contribution < 1.29 is 28.0 Å².